The molecule has 0 aliphatic heterocycles. The van der Waals surface area contributed by atoms with Crippen LogP contribution in [-0.2, 0) is 0 Å². The molecule has 19 heavy (non-hydrogen) atoms. The van der Waals surface area contributed by atoms with Gasteiger partial charge in [-0.15, -0.1) is 0 Å². The SMILES string of the molecule is C=C(P(c1ccccc1)c1ccccc1)C(C)(C)O. The third-order valence-electron chi connectivity index (χ3n) is 3.00. The van der Waals surface area contributed by atoms with Crippen molar-refractivity contribution >= 4 is 18.5 Å². The molecular formula is C17H19OP. The molecule has 0 aliphatic carbocycles. The fourth-order valence-electron chi connectivity index (χ4n) is 1.89. The molecule has 1 N–H and O–H groups in total. The lowest BCUT2D eigenvalue weighted by atomic mass is 10.1. The van der Waals surface area contributed by atoms with Crippen LogP contribution < -0.4 is 10.6 Å². The van der Waals surface area contributed by atoms with Gasteiger partial charge in [-0.2, -0.15) is 0 Å². The van der Waals surface area contributed by atoms with Crippen molar-refractivity contribution in [1.29, 1.82) is 0 Å². The highest BCUT2D eigenvalue weighted by Gasteiger charge is 2.27. The van der Waals surface area contributed by atoms with Gasteiger partial charge in [0.15, 0.2) is 0 Å². The molecule has 0 spiro atoms. The average molecular weight is 270 g/mol. The first-order valence-corrected chi connectivity index (χ1v) is 7.66. The molecular weight excluding hydrogens is 251 g/mol. The highest BCUT2D eigenvalue weighted by atomic mass is 31.1. The van der Waals surface area contributed by atoms with E-state index in [2.05, 4.69) is 30.8 Å². The van der Waals surface area contributed by atoms with Crippen LogP contribution in [0.4, 0.5) is 0 Å². The van der Waals surface area contributed by atoms with E-state index in [4.69, 9.17) is 0 Å². The molecule has 0 amide bonds. The van der Waals surface area contributed by atoms with E-state index < -0.39 is 13.5 Å². The van der Waals surface area contributed by atoms with Gasteiger partial charge in [0.25, 0.3) is 0 Å². The molecule has 0 bridgehead atoms. The molecule has 98 valence electrons. The van der Waals surface area contributed by atoms with Crippen LogP contribution in [0.1, 0.15) is 13.8 Å². The summed E-state index contributed by atoms with van der Waals surface area (Å²) < 4.78 is 0. The highest BCUT2D eigenvalue weighted by molar-refractivity contribution is 7.76. The van der Waals surface area contributed by atoms with Gasteiger partial charge in [-0.3, -0.25) is 0 Å². The average Bonchev–Trinajstić information content (AvgIpc) is 2.40. The summed E-state index contributed by atoms with van der Waals surface area (Å²) in [7, 11) is -0.745. The number of rotatable bonds is 4. The molecule has 2 aromatic carbocycles. The summed E-state index contributed by atoms with van der Waals surface area (Å²) in [5, 5.41) is 13.6. The molecule has 0 atom stereocenters. The predicted molar refractivity (Wildman–Crippen MR) is 84.5 cm³/mol. The molecule has 1 nitrogen and oxygen atoms in total. The normalized spacial score (nSPS) is 11.6. The van der Waals surface area contributed by atoms with E-state index in [1.807, 2.05) is 36.4 Å². The Hall–Kier alpha value is -1.43. The fourth-order valence-corrected chi connectivity index (χ4v) is 4.30. The zero-order chi connectivity index (χ0) is 13.9. The third-order valence-corrected chi connectivity index (χ3v) is 5.72. The Balaban J connectivity index is 2.49. The van der Waals surface area contributed by atoms with Crippen LogP contribution in [0.2, 0.25) is 0 Å². The van der Waals surface area contributed by atoms with Gasteiger partial charge in [-0.1, -0.05) is 67.2 Å². The molecule has 0 saturated heterocycles. The van der Waals surface area contributed by atoms with Gasteiger partial charge in [0, 0.05) is 0 Å². The highest BCUT2D eigenvalue weighted by Crippen LogP contribution is 2.46. The summed E-state index contributed by atoms with van der Waals surface area (Å²) in [5.41, 5.74) is -0.878. The first-order valence-electron chi connectivity index (χ1n) is 6.32. The zero-order valence-corrected chi connectivity index (χ0v) is 12.3. The standard InChI is InChI=1S/C17H19OP/c1-14(17(2,3)18)19(15-10-6-4-7-11-15)16-12-8-5-9-13-16/h4-13,18H,1H2,2-3H3. The summed E-state index contributed by atoms with van der Waals surface area (Å²) >= 11 is 0. The minimum absolute atomic E-state index is 0.745. The minimum Gasteiger partial charge on any atom is -0.386 e. The number of aliphatic hydroxyl groups is 1. The van der Waals surface area contributed by atoms with Crippen molar-refractivity contribution in [2.45, 2.75) is 19.4 Å². The van der Waals surface area contributed by atoms with Gasteiger partial charge < -0.3 is 5.11 Å². The first-order chi connectivity index (χ1) is 9.00. The van der Waals surface area contributed by atoms with E-state index in [0.717, 1.165) is 5.31 Å². The molecule has 0 heterocycles. The Morgan fingerprint density at radius 2 is 1.26 bits per heavy atom. The molecule has 2 aromatic rings. The summed E-state index contributed by atoms with van der Waals surface area (Å²) in [5.74, 6) is 0. The van der Waals surface area contributed by atoms with E-state index in [1.54, 1.807) is 13.8 Å². The molecule has 0 fully saturated rings. The van der Waals surface area contributed by atoms with E-state index in [1.165, 1.54) is 10.6 Å². The third kappa shape index (κ3) is 3.32. The molecule has 2 rings (SSSR count). The molecule has 0 saturated carbocycles. The molecule has 0 aliphatic rings. The lowest BCUT2D eigenvalue weighted by molar-refractivity contribution is 0.129. The van der Waals surface area contributed by atoms with Crippen molar-refractivity contribution in [2.75, 3.05) is 0 Å². The van der Waals surface area contributed by atoms with Crippen LogP contribution >= 0.6 is 7.92 Å². The largest absolute Gasteiger partial charge is 0.386 e. The summed E-state index contributed by atoms with van der Waals surface area (Å²) in [6, 6.07) is 20.6. The summed E-state index contributed by atoms with van der Waals surface area (Å²) in [6.07, 6.45) is 0. The summed E-state index contributed by atoms with van der Waals surface area (Å²) in [6.45, 7) is 7.76. The molecule has 2 heteroatoms. The van der Waals surface area contributed by atoms with Gasteiger partial charge in [-0.05, 0) is 37.7 Å². The monoisotopic (exact) mass is 270 g/mol. The molecule has 0 aromatic heterocycles. The van der Waals surface area contributed by atoms with Gasteiger partial charge in [0.1, 0.15) is 0 Å². The lowest BCUT2D eigenvalue weighted by Gasteiger charge is -2.29. The van der Waals surface area contributed by atoms with Gasteiger partial charge in [0.2, 0.25) is 0 Å². The van der Waals surface area contributed by atoms with Gasteiger partial charge in [0.05, 0.1) is 5.60 Å². The smallest absolute Gasteiger partial charge is 0.0845 e. The van der Waals surface area contributed by atoms with Crippen molar-refractivity contribution in [3.8, 4) is 0 Å². The van der Waals surface area contributed by atoms with E-state index in [0.29, 0.717) is 0 Å². The number of hydrogen-bond donors (Lipinski definition) is 1. The Labute approximate surface area is 116 Å². The summed E-state index contributed by atoms with van der Waals surface area (Å²) in [4.78, 5) is 0. The zero-order valence-electron chi connectivity index (χ0n) is 11.4. The minimum atomic E-state index is -0.878. The lowest BCUT2D eigenvalue weighted by Crippen LogP contribution is -2.26. The Morgan fingerprint density at radius 3 is 1.58 bits per heavy atom. The first kappa shape index (κ1) is 14.0. The van der Waals surface area contributed by atoms with Gasteiger partial charge in [-0.25, -0.2) is 0 Å². The van der Waals surface area contributed by atoms with Crippen molar-refractivity contribution in [3.63, 3.8) is 0 Å². The quantitative estimate of drug-likeness (QED) is 0.844. The topological polar surface area (TPSA) is 20.2 Å². The van der Waals surface area contributed by atoms with Crippen LogP contribution in [0.15, 0.2) is 72.6 Å². The van der Waals surface area contributed by atoms with Crippen molar-refractivity contribution in [1.82, 2.24) is 0 Å². The van der Waals surface area contributed by atoms with Gasteiger partial charge >= 0.3 is 0 Å². The molecule has 0 unspecified atom stereocenters. The van der Waals surface area contributed by atoms with E-state index in [-0.39, 0.29) is 0 Å². The van der Waals surface area contributed by atoms with E-state index in [9.17, 15) is 5.11 Å². The van der Waals surface area contributed by atoms with Crippen molar-refractivity contribution in [2.24, 2.45) is 0 Å². The second kappa shape index (κ2) is 5.69. The number of benzene rings is 2. The maximum atomic E-state index is 10.3. The van der Waals surface area contributed by atoms with Crippen molar-refractivity contribution in [3.05, 3.63) is 72.6 Å². The Morgan fingerprint density at radius 1 is 0.895 bits per heavy atom. The number of hydrogen-bond acceptors (Lipinski definition) is 1. The van der Waals surface area contributed by atoms with Crippen LogP contribution in [0.5, 0.6) is 0 Å². The van der Waals surface area contributed by atoms with Crippen LogP contribution in [0.3, 0.4) is 0 Å². The maximum absolute atomic E-state index is 10.3. The van der Waals surface area contributed by atoms with Crippen molar-refractivity contribution < 1.29 is 5.11 Å². The molecule has 0 radical (unpaired) electrons. The maximum Gasteiger partial charge on any atom is 0.0845 e. The Bertz CT molecular complexity index is 501. The fraction of sp³-hybridized carbons (Fsp3) is 0.176. The van der Waals surface area contributed by atoms with Crippen LogP contribution in [0.25, 0.3) is 0 Å². The Kier molecular flexibility index (Phi) is 4.19. The predicted octanol–water partition coefficient (Wildman–Crippen LogP) is 3.40. The second-order valence-corrected chi connectivity index (χ2v) is 7.26. The van der Waals surface area contributed by atoms with E-state index >= 15 is 0 Å². The van der Waals surface area contributed by atoms with Crippen LogP contribution in [-0.4, -0.2) is 10.7 Å². The second-order valence-electron chi connectivity index (χ2n) is 5.01. The van der Waals surface area contributed by atoms with Crippen LogP contribution in [0, 0.1) is 0 Å².